The normalized spacial score (nSPS) is 10.8. The molecule has 4 rings (SSSR count). The second-order valence-corrected chi connectivity index (χ2v) is 7.67. The van der Waals surface area contributed by atoms with Crippen molar-refractivity contribution in [2.45, 2.75) is 6.42 Å². The fourth-order valence-electron chi connectivity index (χ4n) is 2.26. The summed E-state index contributed by atoms with van der Waals surface area (Å²) in [7, 11) is 0. The zero-order valence-corrected chi connectivity index (χ0v) is 15.7. The van der Waals surface area contributed by atoms with Gasteiger partial charge in [0.15, 0.2) is 10.3 Å². The van der Waals surface area contributed by atoms with Crippen molar-refractivity contribution >= 4 is 66.5 Å². The number of hydrogen-bond donors (Lipinski definition) is 2. The van der Waals surface area contributed by atoms with Crippen LogP contribution < -0.4 is 10.6 Å². The molecule has 0 aliphatic heterocycles. The van der Waals surface area contributed by atoms with E-state index in [1.165, 1.54) is 22.7 Å². The van der Waals surface area contributed by atoms with Crippen LogP contribution in [0.25, 0.3) is 10.2 Å². The van der Waals surface area contributed by atoms with Crippen LogP contribution >= 0.6 is 34.3 Å². The summed E-state index contributed by atoms with van der Waals surface area (Å²) >= 11 is 8.68. The lowest BCUT2D eigenvalue weighted by atomic mass is 10.3. The average molecular weight is 402 g/mol. The number of carbonyl (C=O) groups is 1. The summed E-state index contributed by atoms with van der Waals surface area (Å²) in [4.78, 5) is 25.2. The Bertz CT molecular complexity index is 1030. The number of fused-ring (bicyclic) bond motifs is 1. The second-order valence-electron chi connectivity index (χ2n) is 5.34. The van der Waals surface area contributed by atoms with Crippen LogP contribution in [0.3, 0.4) is 0 Å². The van der Waals surface area contributed by atoms with E-state index in [1.807, 2.05) is 29.6 Å². The van der Waals surface area contributed by atoms with Gasteiger partial charge in [0.05, 0.1) is 27.4 Å². The number of hydrogen-bond acceptors (Lipinski definition) is 7. The van der Waals surface area contributed by atoms with E-state index in [9.17, 15) is 4.79 Å². The summed E-state index contributed by atoms with van der Waals surface area (Å²) in [5.41, 5.74) is 1.56. The van der Waals surface area contributed by atoms with Crippen LogP contribution in [0.15, 0.2) is 48.0 Å². The van der Waals surface area contributed by atoms with Crippen molar-refractivity contribution < 1.29 is 4.79 Å². The Morgan fingerprint density at radius 3 is 2.81 bits per heavy atom. The Balaban J connectivity index is 1.38. The molecule has 3 aromatic heterocycles. The number of halogens is 1. The number of amides is 1. The summed E-state index contributed by atoms with van der Waals surface area (Å²) in [5, 5.41) is 9.60. The molecule has 1 amide bonds. The first kappa shape index (κ1) is 16.9. The molecule has 0 atom stereocenters. The van der Waals surface area contributed by atoms with E-state index in [-0.39, 0.29) is 12.3 Å². The van der Waals surface area contributed by atoms with Crippen molar-refractivity contribution in [2.24, 2.45) is 0 Å². The highest BCUT2D eigenvalue weighted by Crippen LogP contribution is 2.26. The minimum atomic E-state index is -0.148. The van der Waals surface area contributed by atoms with Gasteiger partial charge in [-0.2, -0.15) is 0 Å². The predicted molar refractivity (Wildman–Crippen MR) is 107 cm³/mol. The van der Waals surface area contributed by atoms with Crippen LogP contribution in [-0.2, 0) is 11.2 Å². The smallest absolute Gasteiger partial charge is 0.232 e. The number of nitrogens with one attached hydrogen (secondary N) is 2. The molecule has 130 valence electrons. The van der Waals surface area contributed by atoms with E-state index in [0.29, 0.717) is 26.8 Å². The van der Waals surface area contributed by atoms with Crippen molar-refractivity contribution in [2.75, 3.05) is 10.6 Å². The highest BCUT2D eigenvalue weighted by atomic mass is 35.5. The quantitative estimate of drug-likeness (QED) is 0.505. The summed E-state index contributed by atoms with van der Waals surface area (Å²) in [6.45, 7) is 0. The van der Waals surface area contributed by atoms with Crippen molar-refractivity contribution in [3.05, 3.63) is 58.7 Å². The molecule has 0 bridgehead atoms. The minimum absolute atomic E-state index is 0.148. The van der Waals surface area contributed by atoms with Gasteiger partial charge in [0.25, 0.3) is 0 Å². The molecular weight excluding hydrogens is 390 g/mol. The van der Waals surface area contributed by atoms with E-state index >= 15 is 0 Å². The highest BCUT2D eigenvalue weighted by Gasteiger charge is 2.11. The first-order valence-electron chi connectivity index (χ1n) is 7.64. The Hall–Kier alpha value is -2.55. The highest BCUT2D eigenvalue weighted by molar-refractivity contribution is 7.22. The Kier molecular flexibility index (Phi) is 4.79. The van der Waals surface area contributed by atoms with Crippen molar-refractivity contribution in [1.82, 2.24) is 15.0 Å². The van der Waals surface area contributed by atoms with Crippen molar-refractivity contribution in [1.29, 1.82) is 0 Å². The summed E-state index contributed by atoms with van der Waals surface area (Å²) in [6, 6.07) is 11.3. The van der Waals surface area contributed by atoms with Gasteiger partial charge in [0, 0.05) is 11.6 Å². The van der Waals surface area contributed by atoms with Gasteiger partial charge in [0.2, 0.25) is 5.91 Å². The summed E-state index contributed by atoms with van der Waals surface area (Å²) < 4.78 is 1.04. The monoisotopic (exact) mass is 401 g/mol. The third-order valence-electron chi connectivity index (χ3n) is 3.40. The first-order chi connectivity index (χ1) is 12.7. The standard InChI is InChI=1S/C17H12ClN5OS2/c18-10-5-6-14(19-8-10)22-16-20-11(9-25-16)7-15(24)23-17-21-12-3-1-2-4-13(12)26-17/h1-6,8-9H,7H2,(H,19,20,22)(H,21,23,24). The molecule has 0 fully saturated rings. The van der Waals surface area contributed by atoms with Crippen LogP contribution in [0.1, 0.15) is 5.69 Å². The molecule has 0 spiro atoms. The maximum absolute atomic E-state index is 12.2. The van der Waals surface area contributed by atoms with Gasteiger partial charge in [0.1, 0.15) is 5.82 Å². The summed E-state index contributed by atoms with van der Waals surface area (Å²) in [6.07, 6.45) is 1.74. The second kappa shape index (κ2) is 7.36. The largest absolute Gasteiger partial charge is 0.316 e. The number of aromatic nitrogens is 3. The van der Waals surface area contributed by atoms with E-state index in [0.717, 1.165) is 10.2 Å². The van der Waals surface area contributed by atoms with Crippen LogP contribution in [0.2, 0.25) is 5.02 Å². The van der Waals surface area contributed by atoms with Crippen molar-refractivity contribution in [3.8, 4) is 0 Å². The molecule has 0 saturated carbocycles. The number of para-hydroxylation sites is 1. The van der Waals surface area contributed by atoms with Gasteiger partial charge < -0.3 is 10.6 Å². The molecule has 0 aliphatic rings. The van der Waals surface area contributed by atoms with Crippen LogP contribution in [-0.4, -0.2) is 20.9 Å². The molecular formula is C17H12ClN5OS2. The lowest BCUT2D eigenvalue weighted by Crippen LogP contribution is -2.14. The number of nitrogens with zero attached hydrogens (tertiary/aromatic N) is 3. The Morgan fingerprint density at radius 2 is 2.00 bits per heavy atom. The molecule has 3 heterocycles. The van der Waals surface area contributed by atoms with Crippen LogP contribution in [0.4, 0.5) is 16.1 Å². The van der Waals surface area contributed by atoms with E-state index in [2.05, 4.69) is 25.6 Å². The fourth-order valence-corrected chi connectivity index (χ4v) is 3.97. The van der Waals surface area contributed by atoms with Gasteiger partial charge in [-0.1, -0.05) is 35.1 Å². The Labute approximate surface area is 161 Å². The Morgan fingerprint density at radius 1 is 1.12 bits per heavy atom. The zero-order valence-electron chi connectivity index (χ0n) is 13.3. The van der Waals surface area contributed by atoms with E-state index in [4.69, 9.17) is 11.6 Å². The average Bonchev–Trinajstić information content (AvgIpc) is 3.22. The molecule has 1 aromatic carbocycles. The molecule has 0 aliphatic carbocycles. The molecule has 2 N–H and O–H groups in total. The fraction of sp³-hybridized carbons (Fsp3) is 0.0588. The minimum Gasteiger partial charge on any atom is -0.316 e. The zero-order chi connectivity index (χ0) is 17.9. The molecule has 4 aromatic rings. The molecule has 0 radical (unpaired) electrons. The number of benzene rings is 1. The topological polar surface area (TPSA) is 79.8 Å². The number of carbonyl (C=O) groups excluding carboxylic acids is 1. The van der Waals surface area contributed by atoms with Gasteiger partial charge in [-0.25, -0.2) is 15.0 Å². The van der Waals surface area contributed by atoms with Gasteiger partial charge in [-0.05, 0) is 24.3 Å². The maximum atomic E-state index is 12.2. The number of pyridine rings is 1. The lowest BCUT2D eigenvalue weighted by molar-refractivity contribution is -0.115. The molecule has 0 saturated heterocycles. The van der Waals surface area contributed by atoms with E-state index < -0.39 is 0 Å². The lowest BCUT2D eigenvalue weighted by Gasteiger charge is -2.01. The number of rotatable bonds is 5. The molecule has 0 unspecified atom stereocenters. The van der Waals surface area contributed by atoms with Crippen molar-refractivity contribution in [3.63, 3.8) is 0 Å². The van der Waals surface area contributed by atoms with Gasteiger partial charge in [-0.15, -0.1) is 11.3 Å². The SMILES string of the molecule is O=C(Cc1csc(Nc2ccc(Cl)cn2)n1)Nc1nc2ccccc2s1. The van der Waals surface area contributed by atoms with E-state index in [1.54, 1.807) is 18.3 Å². The number of thiazole rings is 2. The third-order valence-corrected chi connectivity index (χ3v) is 5.38. The molecule has 9 heteroatoms. The van der Waals surface area contributed by atoms with Gasteiger partial charge >= 0.3 is 0 Å². The maximum Gasteiger partial charge on any atom is 0.232 e. The third kappa shape index (κ3) is 3.98. The summed E-state index contributed by atoms with van der Waals surface area (Å²) in [5.74, 6) is 0.500. The predicted octanol–water partition coefficient (Wildman–Crippen LogP) is 4.73. The number of anilines is 3. The molecule has 6 nitrogen and oxygen atoms in total. The van der Waals surface area contributed by atoms with Crippen LogP contribution in [0.5, 0.6) is 0 Å². The van der Waals surface area contributed by atoms with Gasteiger partial charge in [-0.3, -0.25) is 4.79 Å². The molecule has 26 heavy (non-hydrogen) atoms. The first-order valence-corrected chi connectivity index (χ1v) is 9.71. The van der Waals surface area contributed by atoms with Crippen LogP contribution in [0, 0.1) is 0 Å².